The molecule has 5 heteroatoms. The first kappa shape index (κ1) is 16.5. The zero-order valence-electron chi connectivity index (χ0n) is 13.4. The molecule has 0 aliphatic carbocycles. The maximum Gasteiger partial charge on any atom is 0.329 e. The van der Waals surface area contributed by atoms with E-state index in [0.29, 0.717) is 6.42 Å². The second-order valence-electron chi connectivity index (χ2n) is 6.56. The lowest BCUT2D eigenvalue weighted by Gasteiger charge is -2.31. The number of rotatable bonds is 3. The van der Waals surface area contributed by atoms with Gasteiger partial charge < -0.3 is 15.4 Å². The number of amides is 1. The summed E-state index contributed by atoms with van der Waals surface area (Å²) in [5, 5.41) is 0. The van der Waals surface area contributed by atoms with E-state index in [2.05, 4.69) is 0 Å². The van der Waals surface area contributed by atoms with Crippen LogP contribution in [0.15, 0.2) is 30.3 Å². The summed E-state index contributed by atoms with van der Waals surface area (Å²) < 4.78 is 5.46. The van der Waals surface area contributed by atoms with E-state index in [9.17, 15) is 9.59 Å². The largest absolute Gasteiger partial charge is 0.458 e. The summed E-state index contributed by atoms with van der Waals surface area (Å²) in [6.07, 6.45) is 1.33. The first-order valence-electron chi connectivity index (χ1n) is 7.62. The summed E-state index contributed by atoms with van der Waals surface area (Å²) in [4.78, 5) is 26.3. The van der Waals surface area contributed by atoms with Crippen LogP contribution in [-0.4, -0.2) is 35.0 Å². The molecule has 5 nitrogen and oxygen atoms in total. The molecule has 0 spiro atoms. The zero-order valence-corrected chi connectivity index (χ0v) is 13.4. The minimum absolute atomic E-state index is 0.109. The molecular weight excluding hydrogens is 280 g/mol. The van der Waals surface area contributed by atoms with Crippen molar-refractivity contribution in [1.29, 1.82) is 0 Å². The van der Waals surface area contributed by atoms with Crippen molar-refractivity contribution in [2.75, 3.05) is 6.54 Å². The molecule has 2 N–H and O–H groups in total. The van der Waals surface area contributed by atoms with Gasteiger partial charge in [-0.3, -0.25) is 4.79 Å². The molecule has 0 radical (unpaired) electrons. The lowest BCUT2D eigenvalue weighted by Crippen LogP contribution is -2.46. The number of esters is 1. The Hall–Kier alpha value is -1.88. The van der Waals surface area contributed by atoms with Crippen molar-refractivity contribution in [2.45, 2.75) is 51.3 Å². The molecule has 0 unspecified atom stereocenters. The van der Waals surface area contributed by atoms with Gasteiger partial charge in [-0.25, -0.2) is 4.79 Å². The van der Waals surface area contributed by atoms with Crippen LogP contribution in [-0.2, 0) is 14.3 Å². The molecule has 1 amide bonds. The molecule has 1 aliphatic heterocycles. The Bertz CT molecular complexity index is 537. The Labute approximate surface area is 131 Å². The minimum atomic E-state index is -0.570. The van der Waals surface area contributed by atoms with Crippen LogP contribution in [0.5, 0.6) is 0 Å². The third-order valence-electron chi connectivity index (χ3n) is 3.71. The molecule has 120 valence electrons. The van der Waals surface area contributed by atoms with Gasteiger partial charge in [0.1, 0.15) is 11.6 Å². The number of ether oxygens (including phenoxy) is 1. The van der Waals surface area contributed by atoms with E-state index in [4.69, 9.17) is 10.5 Å². The predicted molar refractivity (Wildman–Crippen MR) is 84.0 cm³/mol. The summed E-state index contributed by atoms with van der Waals surface area (Å²) in [6.45, 7) is 5.36. The summed E-state index contributed by atoms with van der Waals surface area (Å²) in [6, 6.07) is 9.06. The molecule has 1 aromatic rings. The number of hydrogen-bond donors (Lipinski definition) is 1. The lowest BCUT2D eigenvalue weighted by molar-refractivity contribution is -0.164. The van der Waals surface area contributed by atoms with E-state index in [-0.39, 0.29) is 24.5 Å². The smallest absolute Gasteiger partial charge is 0.329 e. The van der Waals surface area contributed by atoms with Crippen LogP contribution in [0.25, 0.3) is 0 Å². The fourth-order valence-corrected chi connectivity index (χ4v) is 2.87. The Kier molecular flexibility index (Phi) is 4.86. The Morgan fingerprint density at radius 2 is 1.86 bits per heavy atom. The van der Waals surface area contributed by atoms with E-state index in [0.717, 1.165) is 12.0 Å². The van der Waals surface area contributed by atoms with Crippen LogP contribution in [0.4, 0.5) is 0 Å². The van der Waals surface area contributed by atoms with Crippen molar-refractivity contribution < 1.29 is 14.3 Å². The number of likely N-dealkylation sites (tertiary alicyclic amines) is 1. The third-order valence-corrected chi connectivity index (χ3v) is 3.71. The number of hydrogen-bond acceptors (Lipinski definition) is 4. The van der Waals surface area contributed by atoms with Gasteiger partial charge in [-0.1, -0.05) is 30.3 Å². The molecule has 0 aromatic heterocycles. The maximum atomic E-state index is 12.4. The first-order chi connectivity index (χ1) is 10.3. The second-order valence-corrected chi connectivity index (χ2v) is 6.56. The Morgan fingerprint density at radius 3 is 2.41 bits per heavy atom. The van der Waals surface area contributed by atoms with E-state index in [1.165, 1.54) is 0 Å². The van der Waals surface area contributed by atoms with Crippen LogP contribution < -0.4 is 5.73 Å². The molecule has 1 fully saturated rings. The normalized spacial score (nSPS) is 21.7. The molecule has 22 heavy (non-hydrogen) atoms. The third kappa shape index (κ3) is 3.65. The Morgan fingerprint density at radius 1 is 1.23 bits per heavy atom. The van der Waals surface area contributed by atoms with Gasteiger partial charge in [-0.15, -0.1) is 0 Å². The standard InChI is InChI=1S/C17H24N2O3/c1-17(2,3)22-16(21)14-10-9-13(19(14)15(20)11-18)12-7-5-4-6-8-12/h4-8,13-14H,9-11,18H2,1-3H3/t13-,14+/m1/s1. The first-order valence-corrected chi connectivity index (χ1v) is 7.62. The van der Waals surface area contributed by atoms with Crippen LogP contribution in [0.2, 0.25) is 0 Å². The topological polar surface area (TPSA) is 72.6 Å². The van der Waals surface area contributed by atoms with Crippen molar-refractivity contribution in [3.8, 4) is 0 Å². The summed E-state index contributed by atoms with van der Waals surface area (Å²) >= 11 is 0. The van der Waals surface area contributed by atoms with Crippen molar-refractivity contribution >= 4 is 11.9 Å². The summed E-state index contributed by atoms with van der Waals surface area (Å²) in [5.74, 6) is -0.574. The number of nitrogens with two attached hydrogens (primary N) is 1. The van der Waals surface area contributed by atoms with Crippen molar-refractivity contribution in [3.05, 3.63) is 35.9 Å². The average Bonchev–Trinajstić information content (AvgIpc) is 2.90. The zero-order chi connectivity index (χ0) is 16.3. The van der Waals surface area contributed by atoms with E-state index < -0.39 is 11.6 Å². The van der Waals surface area contributed by atoms with Gasteiger partial charge in [-0.05, 0) is 39.2 Å². The lowest BCUT2D eigenvalue weighted by atomic mass is 10.0. The van der Waals surface area contributed by atoms with Crippen molar-refractivity contribution in [1.82, 2.24) is 4.90 Å². The Balaban J connectivity index is 2.25. The van der Waals surface area contributed by atoms with Gasteiger partial charge in [-0.2, -0.15) is 0 Å². The molecule has 2 atom stereocenters. The van der Waals surface area contributed by atoms with E-state index in [1.54, 1.807) is 4.90 Å². The van der Waals surface area contributed by atoms with Gasteiger partial charge in [0.05, 0.1) is 12.6 Å². The fraction of sp³-hybridized carbons (Fsp3) is 0.529. The van der Waals surface area contributed by atoms with Crippen LogP contribution >= 0.6 is 0 Å². The minimum Gasteiger partial charge on any atom is -0.458 e. The van der Waals surface area contributed by atoms with Crippen LogP contribution in [0.3, 0.4) is 0 Å². The predicted octanol–water partition coefficient (Wildman–Crippen LogP) is 2.02. The van der Waals surface area contributed by atoms with E-state index >= 15 is 0 Å². The molecule has 1 saturated heterocycles. The maximum absolute atomic E-state index is 12.4. The van der Waals surface area contributed by atoms with Crippen molar-refractivity contribution in [2.24, 2.45) is 5.73 Å². The molecule has 0 saturated carbocycles. The molecular formula is C17H24N2O3. The number of carbonyl (C=O) groups is 2. The number of nitrogens with zero attached hydrogens (tertiary/aromatic N) is 1. The summed E-state index contributed by atoms with van der Waals surface area (Å²) in [7, 11) is 0. The fourth-order valence-electron chi connectivity index (χ4n) is 2.87. The highest BCUT2D eigenvalue weighted by Crippen LogP contribution is 2.37. The van der Waals surface area contributed by atoms with Gasteiger partial charge in [0.15, 0.2) is 0 Å². The molecule has 1 aliphatic rings. The van der Waals surface area contributed by atoms with Gasteiger partial charge in [0.25, 0.3) is 0 Å². The highest BCUT2D eigenvalue weighted by atomic mass is 16.6. The van der Waals surface area contributed by atoms with Gasteiger partial charge in [0.2, 0.25) is 5.91 Å². The highest BCUT2D eigenvalue weighted by molar-refractivity contribution is 5.86. The second kappa shape index (κ2) is 6.48. The van der Waals surface area contributed by atoms with Crippen molar-refractivity contribution in [3.63, 3.8) is 0 Å². The highest BCUT2D eigenvalue weighted by Gasteiger charge is 2.42. The number of benzene rings is 1. The molecule has 1 aromatic carbocycles. The van der Waals surface area contributed by atoms with Gasteiger partial charge in [0, 0.05) is 0 Å². The van der Waals surface area contributed by atoms with E-state index in [1.807, 2.05) is 51.1 Å². The molecule has 0 bridgehead atoms. The SMILES string of the molecule is CC(C)(C)OC(=O)[C@@H]1CC[C@H](c2ccccc2)N1C(=O)CN. The van der Waals surface area contributed by atoms with Crippen LogP contribution in [0.1, 0.15) is 45.2 Å². The summed E-state index contributed by atoms with van der Waals surface area (Å²) in [5.41, 5.74) is 5.99. The van der Waals surface area contributed by atoms with Crippen LogP contribution in [0, 0.1) is 0 Å². The number of carbonyl (C=O) groups excluding carboxylic acids is 2. The average molecular weight is 304 g/mol. The molecule has 1 heterocycles. The van der Waals surface area contributed by atoms with Gasteiger partial charge >= 0.3 is 5.97 Å². The quantitative estimate of drug-likeness (QED) is 0.867. The molecule has 2 rings (SSSR count). The monoisotopic (exact) mass is 304 g/mol.